The summed E-state index contributed by atoms with van der Waals surface area (Å²) < 4.78 is 79.8. The van der Waals surface area contributed by atoms with Crippen LogP contribution in [0.25, 0.3) is 0 Å². The smallest absolute Gasteiger partial charge is 0.461 e. The number of ether oxygens (including phenoxy) is 4. The summed E-state index contributed by atoms with van der Waals surface area (Å²) in [6, 6.07) is 0. The van der Waals surface area contributed by atoms with Crippen molar-refractivity contribution >= 4 is 22.1 Å². The van der Waals surface area contributed by atoms with E-state index in [1.54, 1.807) is 0 Å². The molecule has 2 heterocycles. The minimum Gasteiger partial charge on any atom is -0.461 e. The lowest BCUT2D eigenvalue weighted by Gasteiger charge is -2.62. The fourth-order valence-corrected chi connectivity index (χ4v) is 6.15. The van der Waals surface area contributed by atoms with Crippen molar-refractivity contribution in [2.45, 2.75) is 61.0 Å². The van der Waals surface area contributed by atoms with Crippen LogP contribution >= 0.6 is 0 Å². The van der Waals surface area contributed by atoms with Crippen molar-refractivity contribution in [2.24, 2.45) is 17.8 Å². The molecule has 0 aromatic carbocycles. The summed E-state index contributed by atoms with van der Waals surface area (Å²) in [4.78, 5) is 23.7. The van der Waals surface area contributed by atoms with Crippen LogP contribution in [-0.4, -0.2) is 60.4 Å². The lowest BCUT2D eigenvalue weighted by molar-refractivity contribution is -0.327. The molecule has 4 aliphatic carbocycles. The van der Waals surface area contributed by atoms with Crippen LogP contribution in [0.5, 0.6) is 0 Å². The molecule has 1 spiro atoms. The fourth-order valence-electron chi connectivity index (χ4n) is 5.89. The lowest BCUT2D eigenvalue weighted by Crippen LogP contribution is -2.66. The van der Waals surface area contributed by atoms with Crippen molar-refractivity contribution < 1.29 is 50.3 Å². The van der Waals surface area contributed by atoms with Crippen LogP contribution < -0.4 is 0 Å². The summed E-state index contributed by atoms with van der Waals surface area (Å²) in [5, 5.41) is -5.03. The first-order valence-electron chi connectivity index (χ1n) is 9.06. The molecule has 2 aliphatic heterocycles. The Hall–Kier alpha value is -1.37. The number of hydrogen-bond donors (Lipinski definition) is 1. The molecule has 9 nitrogen and oxygen atoms in total. The predicted molar refractivity (Wildman–Crippen MR) is 82.3 cm³/mol. The number of halogens is 2. The number of esters is 2. The Balaban J connectivity index is 1.40. The first-order chi connectivity index (χ1) is 13.0. The van der Waals surface area contributed by atoms with Crippen LogP contribution in [0.2, 0.25) is 0 Å². The maximum absolute atomic E-state index is 13.7. The highest BCUT2D eigenvalue weighted by Gasteiger charge is 2.71. The van der Waals surface area contributed by atoms with Gasteiger partial charge in [0.1, 0.15) is 18.3 Å². The van der Waals surface area contributed by atoms with E-state index in [1.165, 1.54) is 0 Å². The molecule has 4 bridgehead atoms. The summed E-state index contributed by atoms with van der Waals surface area (Å²) in [7, 11) is -5.93. The van der Waals surface area contributed by atoms with E-state index < -0.39 is 50.9 Å². The van der Waals surface area contributed by atoms with Gasteiger partial charge in [0, 0.05) is 11.8 Å². The van der Waals surface area contributed by atoms with Gasteiger partial charge in [0.15, 0.2) is 11.9 Å². The number of rotatable bonds is 3. The number of carbonyl (C=O) groups is 2. The van der Waals surface area contributed by atoms with Gasteiger partial charge in [-0.05, 0) is 38.0 Å². The fraction of sp³-hybridized carbons (Fsp3) is 0.875. The molecule has 156 valence electrons. The number of fused-ring (bicyclic) bond motifs is 1. The molecule has 4 atom stereocenters. The molecular weight excluding hydrogens is 406 g/mol. The van der Waals surface area contributed by atoms with Crippen molar-refractivity contribution in [1.29, 1.82) is 0 Å². The number of hydrogen-bond acceptors (Lipinski definition) is 8. The van der Waals surface area contributed by atoms with Crippen LogP contribution in [0, 0.1) is 17.8 Å². The molecule has 12 heteroatoms. The molecule has 28 heavy (non-hydrogen) atoms. The molecule has 6 fully saturated rings. The molecule has 4 unspecified atom stereocenters. The predicted octanol–water partition coefficient (Wildman–Crippen LogP) is 0.626. The number of carbonyl (C=O) groups excluding carboxylic acids is 2. The Morgan fingerprint density at radius 1 is 1.18 bits per heavy atom. The Labute approximate surface area is 158 Å². The third kappa shape index (κ3) is 2.34. The summed E-state index contributed by atoms with van der Waals surface area (Å²) >= 11 is 0. The van der Waals surface area contributed by atoms with E-state index in [4.69, 9.17) is 23.5 Å². The highest BCUT2D eigenvalue weighted by Crippen LogP contribution is 2.65. The van der Waals surface area contributed by atoms with Gasteiger partial charge in [-0.2, -0.15) is 17.2 Å². The highest BCUT2D eigenvalue weighted by atomic mass is 32.2. The zero-order valence-corrected chi connectivity index (χ0v) is 15.3. The first kappa shape index (κ1) is 18.6. The van der Waals surface area contributed by atoms with Gasteiger partial charge in [0.25, 0.3) is 0 Å². The SMILES string of the molecule is O=C1OCC2OC3(OC12)C1CC2CC3CC(OC(=O)C(F)(F)S(=O)(=O)O)(C2)C1. The van der Waals surface area contributed by atoms with Crippen LogP contribution in [-0.2, 0) is 38.7 Å². The van der Waals surface area contributed by atoms with E-state index in [-0.39, 0.29) is 37.2 Å². The monoisotopic (exact) mass is 424 g/mol. The van der Waals surface area contributed by atoms with E-state index in [0.29, 0.717) is 19.3 Å². The maximum Gasteiger partial charge on any atom is 0.465 e. The van der Waals surface area contributed by atoms with Gasteiger partial charge < -0.3 is 18.9 Å². The molecule has 1 N–H and O–H groups in total. The maximum atomic E-state index is 13.7. The quantitative estimate of drug-likeness (QED) is 0.513. The standard InChI is InChI=1S/C16H18F2O9S/c17-16(18,28(21,22)23)13(20)27-14-3-7-1-8(4-14)15(9(2-7)5-14)25-10-6-24-12(19)11(10)26-15/h7-11H,1-6H2,(H,21,22,23). The van der Waals surface area contributed by atoms with Crippen molar-refractivity contribution in [3.63, 3.8) is 0 Å². The van der Waals surface area contributed by atoms with Crippen LogP contribution in [0.3, 0.4) is 0 Å². The normalized spacial score (nSPS) is 46.7. The second-order valence-corrected chi connectivity index (χ2v) is 9.92. The van der Waals surface area contributed by atoms with Gasteiger partial charge in [-0.3, -0.25) is 4.55 Å². The van der Waals surface area contributed by atoms with Crippen LogP contribution in [0.1, 0.15) is 32.1 Å². The van der Waals surface area contributed by atoms with Gasteiger partial charge in [0.05, 0.1) is 0 Å². The molecule has 4 saturated carbocycles. The molecule has 6 aliphatic rings. The Kier molecular flexibility index (Phi) is 3.60. The van der Waals surface area contributed by atoms with Gasteiger partial charge in [-0.1, -0.05) is 0 Å². The zero-order valence-electron chi connectivity index (χ0n) is 14.5. The zero-order chi connectivity index (χ0) is 20.1. The largest absolute Gasteiger partial charge is 0.465 e. The third-order valence-corrected chi connectivity index (χ3v) is 7.56. The van der Waals surface area contributed by atoms with E-state index in [1.807, 2.05) is 0 Å². The average Bonchev–Trinajstić information content (AvgIpc) is 3.11. The Morgan fingerprint density at radius 3 is 2.39 bits per heavy atom. The second kappa shape index (κ2) is 5.41. The van der Waals surface area contributed by atoms with Gasteiger partial charge in [0.2, 0.25) is 0 Å². The van der Waals surface area contributed by atoms with E-state index in [9.17, 15) is 26.8 Å². The minimum atomic E-state index is -5.93. The third-order valence-electron chi connectivity index (χ3n) is 6.75. The van der Waals surface area contributed by atoms with Gasteiger partial charge in [-0.25, -0.2) is 9.59 Å². The van der Waals surface area contributed by atoms with Gasteiger partial charge >= 0.3 is 27.3 Å². The highest BCUT2D eigenvalue weighted by molar-refractivity contribution is 7.87. The molecule has 0 aromatic heterocycles. The Bertz CT molecular complexity index is 840. The topological polar surface area (TPSA) is 125 Å². The second-order valence-electron chi connectivity index (χ2n) is 8.45. The van der Waals surface area contributed by atoms with E-state index in [0.717, 1.165) is 0 Å². The molecule has 2 saturated heterocycles. The average molecular weight is 424 g/mol. The molecule has 0 aromatic rings. The van der Waals surface area contributed by atoms with E-state index >= 15 is 0 Å². The van der Waals surface area contributed by atoms with Crippen molar-refractivity contribution in [1.82, 2.24) is 0 Å². The molecule has 6 rings (SSSR count). The van der Waals surface area contributed by atoms with Crippen molar-refractivity contribution in [2.75, 3.05) is 6.61 Å². The summed E-state index contributed by atoms with van der Waals surface area (Å²) in [5.41, 5.74) is -1.27. The summed E-state index contributed by atoms with van der Waals surface area (Å²) in [6.07, 6.45) is 0.632. The van der Waals surface area contributed by atoms with Crippen LogP contribution in [0.4, 0.5) is 8.78 Å². The minimum absolute atomic E-state index is 0.0786. The molecule has 0 amide bonds. The molecule has 0 radical (unpaired) electrons. The Morgan fingerprint density at radius 2 is 1.82 bits per heavy atom. The van der Waals surface area contributed by atoms with Crippen molar-refractivity contribution in [3.05, 3.63) is 0 Å². The molecular formula is C16H18F2O9S. The van der Waals surface area contributed by atoms with Crippen molar-refractivity contribution in [3.8, 4) is 0 Å². The van der Waals surface area contributed by atoms with Crippen LogP contribution in [0.15, 0.2) is 0 Å². The van der Waals surface area contributed by atoms with E-state index in [2.05, 4.69) is 0 Å². The summed E-state index contributed by atoms with van der Waals surface area (Å²) in [5.74, 6) is -4.32. The first-order valence-corrected chi connectivity index (χ1v) is 10.5. The number of alkyl halides is 2. The summed E-state index contributed by atoms with van der Waals surface area (Å²) in [6.45, 7) is 0.0921. The van der Waals surface area contributed by atoms with Gasteiger partial charge in [-0.15, -0.1) is 0 Å². The lowest BCUT2D eigenvalue weighted by atomic mass is 9.51. The number of cyclic esters (lactones) is 1.